The third-order valence-corrected chi connectivity index (χ3v) is 7.87. The van der Waals surface area contributed by atoms with Gasteiger partial charge in [-0.25, -0.2) is 22.9 Å². The lowest BCUT2D eigenvalue weighted by Gasteiger charge is -2.32. The molecule has 1 aromatic heterocycles. The van der Waals surface area contributed by atoms with Crippen LogP contribution in [0.1, 0.15) is 6.23 Å². The van der Waals surface area contributed by atoms with Crippen LogP contribution in [0.15, 0.2) is 21.9 Å². The Morgan fingerprint density at radius 2 is 1.84 bits per heavy atom. The molecule has 0 saturated carbocycles. The number of H-pyrrole nitrogens is 1. The lowest BCUT2D eigenvalue weighted by Crippen LogP contribution is -2.45. The summed E-state index contributed by atoms with van der Waals surface area (Å²) < 4.78 is 71.0. The third-order valence-electron chi connectivity index (χ3n) is 4.08. The predicted octanol–water partition coefficient (Wildman–Crippen LogP) is -1.80. The van der Waals surface area contributed by atoms with Crippen molar-refractivity contribution in [3.63, 3.8) is 0 Å². The van der Waals surface area contributed by atoms with E-state index in [1.54, 1.807) is 0 Å². The van der Waals surface area contributed by atoms with Gasteiger partial charge in [0.25, 0.3) is 11.4 Å². The molecule has 0 spiro atoms. The number of aromatic amines is 1. The zero-order valence-electron chi connectivity index (χ0n) is 14.7. The summed E-state index contributed by atoms with van der Waals surface area (Å²) in [6, 6.07) is 0.839. The zero-order chi connectivity index (χ0) is 23.5. The minimum absolute atomic E-state index is 0.524. The molecule has 6 N–H and O–H groups in total. The number of aliphatic hydroxyl groups is 1. The van der Waals surface area contributed by atoms with Gasteiger partial charge in [-0.2, -0.15) is 8.62 Å². The largest absolute Gasteiger partial charge is 0.490 e. The molecule has 0 radical (unpaired) electrons. The summed E-state index contributed by atoms with van der Waals surface area (Å²) in [6.07, 6.45) is -3.37. The second-order valence-electron chi connectivity index (χ2n) is 6.31. The molecule has 2 aliphatic rings. The van der Waals surface area contributed by atoms with Crippen molar-refractivity contribution in [1.29, 1.82) is 0 Å². The van der Waals surface area contributed by atoms with Crippen molar-refractivity contribution in [3.05, 3.63) is 33.1 Å². The average Bonchev–Trinajstić information content (AvgIpc) is 2.94. The number of phosphoric ester groups is 1. The standard InChI is InChI=1S/C10H14FN2O15P3/c11-10-6(15)9(3-24-10,26-7(10)13-2-1-5(14)12-8(13)16)4-25-30(20,21)28-31(22,23)27-29(17,18)19/h1-2,6-7,15H,3-4H2,(H,20,21)(H,22,23)(H,12,14,16)(H2,17,18,19)/t6-,7-,9-,10-/m1/s1. The fourth-order valence-electron chi connectivity index (χ4n) is 2.86. The quantitative estimate of drug-likeness (QED) is 0.209. The van der Waals surface area contributed by atoms with Crippen molar-refractivity contribution >= 4 is 23.5 Å². The van der Waals surface area contributed by atoms with Gasteiger partial charge in [0.2, 0.25) is 6.23 Å². The van der Waals surface area contributed by atoms with E-state index < -0.39 is 71.7 Å². The summed E-state index contributed by atoms with van der Waals surface area (Å²) in [5.41, 5.74) is -4.19. The second kappa shape index (κ2) is 7.74. The molecule has 2 unspecified atom stereocenters. The van der Waals surface area contributed by atoms with Crippen LogP contribution < -0.4 is 11.2 Å². The van der Waals surface area contributed by atoms with Gasteiger partial charge in [0.05, 0.1) is 13.2 Å². The molecule has 0 aromatic carbocycles. The number of rotatable bonds is 8. The van der Waals surface area contributed by atoms with Crippen molar-refractivity contribution in [2.24, 2.45) is 0 Å². The lowest BCUT2D eigenvalue weighted by atomic mass is 9.99. The van der Waals surface area contributed by atoms with Crippen molar-refractivity contribution in [2.45, 2.75) is 23.8 Å². The van der Waals surface area contributed by atoms with Crippen LogP contribution in [0.25, 0.3) is 0 Å². The van der Waals surface area contributed by atoms with Gasteiger partial charge < -0.3 is 34.2 Å². The van der Waals surface area contributed by atoms with Crippen molar-refractivity contribution in [3.8, 4) is 0 Å². The Kier molecular flexibility index (Phi) is 6.13. The Morgan fingerprint density at radius 3 is 2.42 bits per heavy atom. The Morgan fingerprint density at radius 1 is 1.19 bits per heavy atom. The van der Waals surface area contributed by atoms with Crippen LogP contribution in [0.2, 0.25) is 0 Å². The number of nitrogens with one attached hydrogen (secondary N) is 1. The van der Waals surface area contributed by atoms with E-state index in [9.17, 15) is 33.3 Å². The van der Waals surface area contributed by atoms with Gasteiger partial charge in [-0.15, -0.1) is 0 Å². The van der Waals surface area contributed by atoms with Gasteiger partial charge in [-0.3, -0.25) is 18.9 Å². The van der Waals surface area contributed by atoms with Gasteiger partial charge in [0, 0.05) is 12.3 Å². The normalized spacial score (nSPS) is 34.4. The Hall–Kier alpha value is -1.10. The minimum Gasteiger partial charge on any atom is -0.384 e. The number of aliphatic hydroxyl groups excluding tert-OH is 1. The van der Waals surface area contributed by atoms with E-state index in [2.05, 4.69) is 13.1 Å². The van der Waals surface area contributed by atoms with Crippen LogP contribution in [0.3, 0.4) is 0 Å². The molecule has 2 bridgehead atoms. The molecule has 31 heavy (non-hydrogen) atoms. The van der Waals surface area contributed by atoms with E-state index in [-0.39, 0.29) is 0 Å². The van der Waals surface area contributed by atoms with Gasteiger partial charge in [-0.1, -0.05) is 0 Å². The number of nitrogens with zero attached hydrogens (tertiary/aromatic N) is 1. The van der Waals surface area contributed by atoms with Gasteiger partial charge in [0.15, 0.2) is 6.10 Å². The summed E-state index contributed by atoms with van der Waals surface area (Å²) in [5, 5.41) is 10.3. The Labute approximate surface area is 169 Å². The van der Waals surface area contributed by atoms with E-state index in [4.69, 9.17) is 24.2 Å². The molecule has 1 aromatic rings. The molecule has 176 valence electrons. The van der Waals surface area contributed by atoms with E-state index in [0.29, 0.717) is 4.57 Å². The van der Waals surface area contributed by atoms with E-state index in [0.717, 1.165) is 12.3 Å². The summed E-state index contributed by atoms with van der Waals surface area (Å²) >= 11 is 0. The van der Waals surface area contributed by atoms with E-state index in [1.807, 2.05) is 4.98 Å². The van der Waals surface area contributed by atoms with Gasteiger partial charge in [-0.05, 0) is 0 Å². The van der Waals surface area contributed by atoms with Crippen LogP contribution in [-0.4, -0.2) is 65.0 Å². The zero-order valence-corrected chi connectivity index (χ0v) is 17.4. The number of alkyl halides is 1. The number of hydrogen-bond donors (Lipinski definition) is 6. The first-order valence-electron chi connectivity index (χ1n) is 7.77. The highest BCUT2D eigenvalue weighted by molar-refractivity contribution is 7.66. The maximum Gasteiger partial charge on any atom is 0.490 e. The van der Waals surface area contributed by atoms with Crippen molar-refractivity contribution < 1.29 is 65.4 Å². The van der Waals surface area contributed by atoms with Crippen LogP contribution in [-0.2, 0) is 36.3 Å². The van der Waals surface area contributed by atoms with Crippen LogP contribution >= 0.6 is 23.5 Å². The van der Waals surface area contributed by atoms with Gasteiger partial charge >= 0.3 is 29.2 Å². The molecule has 0 aliphatic carbocycles. The number of hydrogen-bond acceptors (Lipinski definition) is 11. The average molecular weight is 514 g/mol. The van der Waals surface area contributed by atoms with Crippen LogP contribution in [0.4, 0.5) is 4.39 Å². The molecule has 0 amide bonds. The van der Waals surface area contributed by atoms with Gasteiger partial charge in [0.1, 0.15) is 5.60 Å². The molecule has 17 nitrogen and oxygen atoms in total. The molecular formula is C10H14FN2O15P3. The molecule has 2 saturated heterocycles. The monoisotopic (exact) mass is 514 g/mol. The maximum absolute atomic E-state index is 15.2. The molecule has 3 heterocycles. The first kappa shape index (κ1) is 24.5. The van der Waals surface area contributed by atoms with Crippen LogP contribution in [0.5, 0.6) is 0 Å². The molecule has 2 aliphatic heterocycles. The fraction of sp³-hybridized carbons (Fsp3) is 0.600. The second-order valence-corrected chi connectivity index (χ2v) is 10.7. The summed E-state index contributed by atoms with van der Waals surface area (Å²) in [5.74, 6) is -3.07. The predicted molar refractivity (Wildman–Crippen MR) is 89.8 cm³/mol. The molecule has 3 rings (SSSR count). The highest BCUT2D eigenvalue weighted by atomic mass is 31.3. The number of aromatic nitrogens is 2. The molecule has 21 heteroatoms. The van der Waals surface area contributed by atoms with E-state index in [1.165, 1.54) is 0 Å². The summed E-state index contributed by atoms with van der Waals surface area (Å²) in [4.78, 5) is 60.5. The first-order valence-corrected chi connectivity index (χ1v) is 12.3. The fourth-order valence-corrected chi connectivity index (χ4v) is 5.94. The molecule has 2 fully saturated rings. The number of halogens is 1. The summed E-state index contributed by atoms with van der Waals surface area (Å²) in [6.45, 7) is -2.01. The SMILES string of the molecule is O=c1ccn([C@@H]2O[C@@]3(COP(=O)(O)OP(=O)(O)OP(=O)(O)O)CO[C@]2(F)[C@@H]3O)c(=O)[nH]1. The van der Waals surface area contributed by atoms with Crippen LogP contribution in [0, 0.1) is 0 Å². The maximum atomic E-state index is 15.2. The first-order chi connectivity index (χ1) is 14.0. The van der Waals surface area contributed by atoms with Crippen molar-refractivity contribution in [1.82, 2.24) is 9.55 Å². The lowest BCUT2D eigenvalue weighted by molar-refractivity contribution is -0.262. The number of fused-ring (bicyclic) bond motifs is 2. The smallest absolute Gasteiger partial charge is 0.384 e. The Balaban J connectivity index is 1.78. The van der Waals surface area contributed by atoms with E-state index >= 15 is 4.39 Å². The minimum atomic E-state index is -5.81. The summed E-state index contributed by atoms with van der Waals surface area (Å²) in [7, 11) is -17.0. The highest BCUT2D eigenvalue weighted by Gasteiger charge is 2.73. The Bertz CT molecular complexity index is 1130. The van der Waals surface area contributed by atoms with Crippen molar-refractivity contribution in [2.75, 3.05) is 13.2 Å². The number of phosphoric acid groups is 3. The third kappa shape index (κ3) is 4.96. The number of ether oxygens (including phenoxy) is 2. The highest BCUT2D eigenvalue weighted by Crippen LogP contribution is 2.66. The molecular weight excluding hydrogens is 500 g/mol. The molecule has 6 atom stereocenters. The topological polar surface area (TPSA) is 253 Å².